The normalized spacial score (nSPS) is 24.1. The minimum absolute atomic E-state index is 0.194. The summed E-state index contributed by atoms with van der Waals surface area (Å²) in [7, 11) is 0. The summed E-state index contributed by atoms with van der Waals surface area (Å²) < 4.78 is 0. The number of piperidine rings is 1. The molecule has 1 aliphatic rings. The van der Waals surface area contributed by atoms with Crippen molar-refractivity contribution in [1.29, 1.82) is 0 Å². The summed E-state index contributed by atoms with van der Waals surface area (Å²) in [5, 5.41) is 9.79. The number of hydrogen-bond acceptors (Lipinski definition) is 3. The smallest absolute Gasteiger partial charge is 0.106 e. The molecule has 1 heterocycles. The molecule has 0 radical (unpaired) electrons. The zero-order chi connectivity index (χ0) is 13.3. The minimum Gasteiger partial charge on any atom is -0.393 e. The lowest BCUT2D eigenvalue weighted by molar-refractivity contribution is 0.0971. The van der Waals surface area contributed by atoms with Crippen molar-refractivity contribution < 1.29 is 5.11 Å². The summed E-state index contributed by atoms with van der Waals surface area (Å²) in [6.45, 7) is 5.81. The Bertz CT molecular complexity index is 461. The Morgan fingerprint density at radius 1 is 1.50 bits per heavy atom. The summed E-state index contributed by atoms with van der Waals surface area (Å²) in [5.74, 6) is 0.277. The van der Waals surface area contributed by atoms with Gasteiger partial charge in [-0.2, -0.15) is 0 Å². The SMILES string of the molecule is Cc1ccc(N2CCC(O)C(C)C2)c(C(N)=S)c1. The lowest BCUT2D eigenvalue weighted by Gasteiger charge is -2.37. The number of benzene rings is 1. The molecular weight excluding hydrogens is 244 g/mol. The van der Waals surface area contributed by atoms with Gasteiger partial charge in [0.25, 0.3) is 0 Å². The molecule has 0 amide bonds. The van der Waals surface area contributed by atoms with Crippen LogP contribution < -0.4 is 10.6 Å². The van der Waals surface area contributed by atoms with Crippen LogP contribution in [0, 0.1) is 12.8 Å². The predicted molar refractivity (Wildman–Crippen MR) is 79.1 cm³/mol. The lowest BCUT2D eigenvalue weighted by atomic mass is 9.95. The number of aliphatic hydroxyl groups is 1. The Labute approximate surface area is 114 Å². The summed E-state index contributed by atoms with van der Waals surface area (Å²) in [5.41, 5.74) is 8.99. The number of aryl methyl sites for hydroxylation is 1. The van der Waals surface area contributed by atoms with E-state index in [1.54, 1.807) is 0 Å². The van der Waals surface area contributed by atoms with E-state index in [1.165, 1.54) is 0 Å². The largest absolute Gasteiger partial charge is 0.393 e. The molecule has 2 unspecified atom stereocenters. The van der Waals surface area contributed by atoms with E-state index in [1.807, 2.05) is 13.0 Å². The van der Waals surface area contributed by atoms with E-state index >= 15 is 0 Å². The highest BCUT2D eigenvalue weighted by atomic mass is 32.1. The van der Waals surface area contributed by atoms with E-state index in [9.17, 15) is 5.11 Å². The Hall–Kier alpha value is -1.13. The monoisotopic (exact) mass is 264 g/mol. The fourth-order valence-electron chi connectivity index (χ4n) is 2.48. The second-order valence-electron chi connectivity index (χ2n) is 5.16. The van der Waals surface area contributed by atoms with Crippen LogP contribution in [-0.2, 0) is 0 Å². The maximum Gasteiger partial charge on any atom is 0.106 e. The van der Waals surface area contributed by atoms with Crippen LogP contribution in [0.15, 0.2) is 18.2 Å². The molecule has 4 heteroatoms. The maximum absolute atomic E-state index is 9.79. The van der Waals surface area contributed by atoms with E-state index in [0.717, 1.165) is 36.3 Å². The highest BCUT2D eigenvalue weighted by molar-refractivity contribution is 7.80. The molecule has 18 heavy (non-hydrogen) atoms. The highest BCUT2D eigenvalue weighted by Crippen LogP contribution is 2.27. The molecule has 1 aliphatic heterocycles. The van der Waals surface area contributed by atoms with Crippen LogP contribution in [0.25, 0.3) is 0 Å². The Kier molecular flexibility index (Phi) is 3.88. The Balaban J connectivity index is 2.30. The molecular formula is C14H20N2OS. The number of nitrogens with two attached hydrogens (primary N) is 1. The molecule has 0 spiro atoms. The van der Waals surface area contributed by atoms with Crippen LogP contribution in [0.2, 0.25) is 0 Å². The zero-order valence-electron chi connectivity index (χ0n) is 10.9. The number of aliphatic hydroxyl groups excluding tert-OH is 1. The van der Waals surface area contributed by atoms with Gasteiger partial charge in [-0.1, -0.05) is 30.8 Å². The number of nitrogens with zero attached hydrogens (tertiary/aromatic N) is 1. The molecule has 2 rings (SSSR count). The number of rotatable bonds is 2. The van der Waals surface area contributed by atoms with Crippen molar-refractivity contribution >= 4 is 22.9 Å². The molecule has 1 saturated heterocycles. The number of thiocarbonyl (C=S) groups is 1. The molecule has 0 aliphatic carbocycles. The first-order valence-electron chi connectivity index (χ1n) is 6.32. The number of anilines is 1. The van der Waals surface area contributed by atoms with Crippen molar-refractivity contribution in [3.63, 3.8) is 0 Å². The van der Waals surface area contributed by atoms with Crippen molar-refractivity contribution in [1.82, 2.24) is 0 Å². The van der Waals surface area contributed by atoms with E-state index in [-0.39, 0.29) is 12.0 Å². The molecule has 1 aromatic carbocycles. The van der Waals surface area contributed by atoms with E-state index in [0.29, 0.717) is 4.99 Å². The third-order valence-corrected chi connectivity index (χ3v) is 3.84. The van der Waals surface area contributed by atoms with Crippen LogP contribution in [0.1, 0.15) is 24.5 Å². The van der Waals surface area contributed by atoms with E-state index in [4.69, 9.17) is 18.0 Å². The van der Waals surface area contributed by atoms with Gasteiger partial charge in [0.1, 0.15) is 4.99 Å². The van der Waals surface area contributed by atoms with Crippen LogP contribution in [-0.4, -0.2) is 29.3 Å². The minimum atomic E-state index is -0.194. The van der Waals surface area contributed by atoms with Crippen molar-refractivity contribution in [2.75, 3.05) is 18.0 Å². The quantitative estimate of drug-likeness (QED) is 0.800. The predicted octanol–water partition coefficient (Wildman–Crippen LogP) is 1.84. The third-order valence-electron chi connectivity index (χ3n) is 3.62. The average molecular weight is 264 g/mol. The molecule has 0 aromatic heterocycles. The van der Waals surface area contributed by atoms with Crippen molar-refractivity contribution in [3.05, 3.63) is 29.3 Å². The Morgan fingerprint density at radius 2 is 2.22 bits per heavy atom. The van der Waals surface area contributed by atoms with Crippen molar-refractivity contribution in [3.8, 4) is 0 Å². The first-order chi connectivity index (χ1) is 8.49. The summed E-state index contributed by atoms with van der Waals surface area (Å²) in [4.78, 5) is 2.71. The van der Waals surface area contributed by atoms with Crippen LogP contribution in [0.3, 0.4) is 0 Å². The molecule has 1 aromatic rings. The van der Waals surface area contributed by atoms with E-state index in [2.05, 4.69) is 24.0 Å². The van der Waals surface area contributed by atoms with Crippen LogP contribution >= 0.6 is 12.2 Å². The van der Waals surface area contributed by atoms with Gasteiger partial charge in [-0.3, -0.25) is 0 Å². The van der Waals surface area contributed by atoms with Gasteiger partial charge in [-0.15, -0.1) is 0 Å². The van der Waals surface area contributed by atoms with Gasteiger partial charge in [0.05, 0.1) is 6.10 Å². The van der Waals surface area contributed by atoms with Gasteiger partial charge in [0, 0.05) is 24.3 Å². The second kappa shape index (κ2) is 5.24. The van der Waals surface area contributed by atoms with Crippen molar-refractivity contribution in [2.45, 2.75) is 26.4 Å². The van der Waals surface area contributed by atoms with Crippen molar-refractivity contribution in [2.24, 2.45) is 11.7 Å². The zero-order valence-corrected chi connectivity index (χ0v) is 11.7. The second-order valence-corrected chi connectivity index (χ2v) is 5.60. The molecule has 1 fully saturated rings. The molecule has 2 atom stereocenters. The fourth-order valence-corrected chi connectivity index (χ4v) is 2.64. The molecule has 3 nitrogen and oxygen atoms in total. The highest BCUT2D eigenvalue weighted by Gasteiger charge is 2.25. The van der Waals surface area contributed by atoms with Gasteiger partial charge >= 0.3 is 0 Å². The first-order valence-corrected chi connectivity index (χ1v) is 6.73. The van der Waals surface area contributed by atoms with Crippen LogP contribution in [0.4, 0.5) is 5.69 Å². The van der Waals surface area contributed by atoms with Gasteiger partial charge < -0.3 is 15.7 Å². The summed E-state index contributed by atoms with van der Waals surface area (Å²) in [6.07, 6.45) is 0.603. The van der Waals surface area contributed by atoms with Gasteiger partial charge in [-0.05, 0) is 31.4 Å². The van der Waals surface area contributed by atoms with Gasteiger partial charge in [0.2, 0.25) is 0 Å². The average Bonchev–Trinajstić information content (AvgIpc) is 2.32. The molecule has 3 N–H and O–H groups in total. The lowest BCUT2D eigenvalue weighted by Crippen LogP contribution is -2.42. The van der Waals surface area contributed by atoms with E-state index < -0.39 is 0 Å². The third kappa shape index (κ3) is 2.65. The maximum atomic E-state index is 9.79. The Morgan fingerprint density at radius 3 is 2.83 bits per heavy atom. The fraction of sp³-hybridized carbons (Fsp3) is 0.500. The molecule has 0 saturated carbocycles. The molecule has 98 valence electrons. The standard InChI is InChI=1S/C14H20N2OS/c1-9-3-4-12(11(7-9)14(15)18)16-6-5-13(17)10(2)8-16/h3-4,7,10,13,17H,5-6,8H2,1-2H3,(H2,15,18). The molecule has 0 bridgehead atoms. The van der Waals surface area contributed by atoms with Gasteiger partial charge in [0.15, 0.2) is 0 Å². The summed E-state index contributed by atoms with van der Waals surface area (Å²) in [6, 6.07) is 6.19. The summed E-state index contributed by atoms with van der Waals surface area (Å²) >= 11 is 5.13. The first kappa shape index (κ1) is 13.3. The van der Waals surface area contributed by atoms with Crippen LogP contribution in [0.5, 0.6) is 0 Å². The van der Waals surface area contributed by atoms with Gasteiger partial charge in [-0.25, -0.2) is 0 Å². The topological polar surface area (TPSA) is 49.5 Å². The number of hydrogen-bond donors (Lipinski definition) is 2.